The van der Waals surface area contributed by atoms with E-state index in [4.69, 9.17) is 4.89 Å². The minimum Gasteiger partial charge on any atom is -0.191 e. The molecule has 1 N–H and O–H groups in total. The van der Waals surface area contributed by atoms with E-state index in [0.717, 1.165) is 10.2 Å². The summed E-state index contributed by atoms with van der Waals surface area (Å²) >= 11 is 1.26. The van der Waals surface area contributed by atoms with E-state index in [1.807, 2.05) is 24.3 Å². The Hall–Kier alpha value is -0.830. The molecule has 60 valence electrons. The largest absolute Gasteiger partial charge is 0.578 e. The maximum Gasteiger partial charge on any atom is 0.578 e. The minimum atomic E-state index is -2.28. The fraction of sp³-hybridized carbons (Fsp3) is 0. The first kappa shape index (κ1) is 7.80. The Morgan fingerprint density at radius 3 is 2.83 bits per heavy atom. The van der Waals surface area contributed by atoms with Crippen molar-refractivity contribution >= 4 is 34.3 Å². The molecular weight excluding hydrogens is 193 g/mol. The van der Waals surface area contributed by atoms with Gasteiger partial charge in [-0.05, 0) is 16.7 Å². The summed E-state index contributed by atoms with van der Waals surface area (Å²) in [5.41, 5.74) is 0.787. The molecule has 0 bridgehead atoms. The van der Waals surface area contributed by atoms with Crippen LogP contribution in [-0.4, -0.2) is 9.88 Å². The lowest BCUT2D eigenvalue weighted by atomic mass is 10.3. The summed E-state index contributed by atoms with van der Waals surface area (Å²) in [6, 6.07) is 7.45. The van der Waals surface area contributed by atoms with E-state index < -0.39 is 8.03 Å². The average molecular weight is 198 g/mol. The maximum absolute atomic E-state index is 10.7. The summed E-state index contributed by atoms with van der Waals surface area (Å²) in [5, 5.41) is 0. The van der Waals surface area contributed by atoms with Gasteiger partial charge in [0.25, 0.3) is 0 Å². The van der Waals surface area contributed by atoms with Crippen LogP contribution in [0, 0.1) is 0 Å². The van der Waals surface area contributed by atoms with Crippen molar-refractivity contribution in [1.82, 2.24) is 4.98 Å². The van der Waals surface area contributed by atoms with Gasteiger partial charge < -0.3 is 0 Å². The second-order valence-corrected chi connectivity index (χ2v) is 4.54. The van der Waals surface area contributed by atoms with Crippen molar-refractivity contribution in [3.8, 4) is 0 Å². The summed E-state index contributed by atoms with van der Waals surface area (Å²) in [4.78, 5) is 12.8. The molecule has 1 atom stereocenters. The molecule has 2 rings (SSSR count). The number of benzene rings is 1. The monoisotopic (exact) mass is 198 g/mol. The first-order valence-electron chi connectivity index (χ1n) is 3.29. The highest BCUT2D eigenvalue weighted by Gasteiger charge is 2.21. The van der Waals surface area contributed by atoms with Gasteiger partial charge >= 0.3 is 12.8 Å². The molecule has 3 nitrogen and oxygen atoms in total. The molecule has 0 aliphatic heterocycles. The zero-order valence-corrected chi connectivity index (χ0v) is 7.68. The SMILES string of the molecule is O=[P+](O)c1nc2ccccc2s1. The van der Waals surface area contributed by atoms with Gasteiger partial charge in [0, 0.05) is 0 Å². The number of thiazole rings is 1. The Kier molecular flexibility index (Phi) is 1.89. The molecule has 0 amide bonds. The number of para-hydroxylation sites is 1. The van der Waals surface area contributed by atoms with Crippen molar-refractivity contribution < 1.29 is 9.46 Å². The fourth-order valence-corrected chi connectivity index (χ4v) is 2.45. The molecule has 0 radical (unpaired) electrons. The lowest BCUT2D eigenvalue weighted by Gasteiger charge is -1.79. The zero-order valence-electron chi connectivity index (χ0n) is 5.97. The molecule has 1 heterocycles. The number of fused-ring (bicyclic) bond motifs is 1. The second-order valence-electron chi connectivity index (χ2n) is 2.24. The van der Waals surface area contributed by atoms with E-state index in [2.05, 4.69) is 4.98 Å². The summed E-state index contributed by atoms with van der Waals surface area (Å²) < 4.78 is 11.9. The van der Waals surface area contributed by atoms with Crippen LogP contribution in [0.4, 0.5) is 0 Å². The van der Waals surface area contributed by atoms with Crippen LogP contribution >= 0.6 is 19.4 Å². The van der Waals surface area contributed by atoms with Crippen molar-refractivity contribution in [2.24, 2.45) is 0 Å². The van der Waals surface area contributed by atoms with Gasteiger partial charge in [0.1, 0.15) is 0 Å². The lowest BCUT2D eigenvalue weighted by molar-refractivity contribution is 0.513. The standard InChI is InChI=1S/C7H4NO2PS/c9-11(10)7-8-5-3-1-2-4-6(5)12-7/h1-4H/p+1. The summed E-state index contributed by atoms with van der Waals surface area (Å²) in [5.74, 6) is 0. The highest BCUT2D eigenvalue weighted by Crippen LogP contribution is 2.22. The molecule has 1 aromatic carbocycles. The molecule has 5 heteroatoms. The first-order chi connectivity index (χ1) is 5.77. The third kappa shape index (κ3) is 1.25. The minimum absolute atomic E-state index is 0.297. The molecule has 0 saturated carbocycles. The van der Waals surface area contributed by atoms with Crippen LogP contribution in [-0.2, 0) is 4.57 Å². The van der Waals surface area contributed by atoms with Gasteiger partial charge in [-0.1, -0.05) is 23.5 Å². The van der Waals surface area contributed by atoms with E-state index in [-0.39, 0.29) is 0 Å². The van der Waals surface area contributed by atoms with Crippen LogP contribution < -0.4 is 4.75 Å². The van der Waals surface area contributed by atoms with E-state index in [1.54, 1.807) is 0 Å². The van der Waals surface area contributed by atoms with Crippen LogP contribution in [0.5, 0.6) is 0 Å². The Labute approximate surface area is 73.6 Å². The highest BCUT2D eigenvalue weighted by atomic mass is 32.1. The normalized spacial score (nSPS) is 11.9. The predicted molar refractivity (Wildman–Crippen MR) is 49.1 cm³/mol. The van der Waals surface area contributed by atoms with Crippen LogP contribution in [0.1, 0.15) is 0 Å². The second kappa shape index (κ2) is 2.90. The topological polar surface area (TPSA) is 50.2 Å². The van der Waals surface area contributed by atoms with Gasteiger partial charge in [0.15, 0.2) is 0 Å². The average Bonchev–Trinajstić information content (AvgIpc) is 2.46. The van der Waals surface area contributed by atoms with E-state index in [1.165, 1.54) is 11.3 Å². The van der Waals surface area contributed by atoms with Crippen molar-refractivity contribution in [3.63, 3.8) is 0 Å². The molecule has 12 heavy (non-hydrogen) atoms. The third-order valence-electron chi connectivity index (χ3n) is 1.45. The van der Waals surface area contributed by atoms with Gasteiger partial charge in [-0.15, -0.1) is 0 Å². The molecule has 0 spiro atoms. The molecule has 1 aromatic heterocycles. The summed E-state index contributed by atoms with van der Waals surface area (Å²) in [6.07, 6.45) is 0. The van der Waals surface area contributed by atoms with Gasteiger partial charge in [0.2, 0.25) is 0 Å². The van der Waals surface area contributed by atoms with Crippen molar-refractivity contribution in [2.45, 2.75) is 0 Å². The molecule has 1 unspecified atom stereocenters. The molecule has 0 fully saturated rings. The smallest absolute Gasteiger partial charge is 0.191 e. The Morgan fingerprint density at radius 2 is 2.17 bits per heavy atom. The number of hydrogen-bond acceptors (Lipinski definition) is 3. The van der Waals surface area contributed by atoms with Gasteiger partial charge in [-0.25, -0.2) is 0 Å². The third-order valence-corrected chi connectivity index (χ3v) is 3.45. The number of aromatic nitrogens is 1. The maximum atomic E-state index is 10.7. The van der Waals surface area contributed by atoms with E-state index in [0.29, 0.717) is 4.75 Å². The predicted octanol–water partition coefficient (Wildman–Crippen LogP) is 1.66. The van der Waals surface area contributed by atoms with Crippen LogP contribution in [0.2, 0.25) is 0 Å². The number of rotatable bonds is 1. The molecular formula is C7H5NO2PS+. The van der Waals surface area contributed by atoms with E-state index in [9.17, 15) is 4.57 Å². The first-order valence-corrected chi connectivity index (χ1v) is 5.32. The Bertz CT molecular complexity index is 407. The fourth-order valence-electron chi connectivity index (χ4n) is 0.942. The molecule has 0 aliphatic rings. The number of nitrogens with zero attached hydrogens (tertiary/aromatic N) is 1. The molecule has 0 aliphatic carbocycles. The summed E-state index contributed by atoms with van der Waals surface area (Å²) in [6.45, 7) is 0. The van der Waals surface area contributed by atoms with Gasteiger partial charge in [-0.2, -0.15) is 9.88 Å². The number of hydrogen-bond donors (Lipinski definition) is 1. The Balaban J connectivity index is 2.70. The van der Waals surface area contributed by atoms with Crippen molar-refractivity contribution in [3.05, 3.63) is 24.3 Å². The van der Waals surface area contributed by atoms with Crippen LogP contribution in [0.3, 0.4) is 0 Å². The van der Waals surface area contributed by atoms with Crippen molar-refractivity contribution in [1.29, 1.82) is 0 Å². The van der Waals surface area contributed by atoms with Crippen LogP contribution in [0.25, 0.3) is 10.2 Å². The zero-order chi connectivity index (χ0) is 8.55. The van der Waals surface area contributed by atoms with Crippen molar-refractivity contribution in [2.75, 3.05) is 0 Å². The highest BCUT2D eigenvalue weighted by molar-refractivity contribution is 7.57. The van der Waals surface area contributed by atoms with E-state index >= 15 is 0 Å². The molecule has 2 aromatic rings. The van der Waals surface area contributed by atoms with Gasteiger partial charge in [-0.3, -0.25) is 0 Å². The summed E-state index contributed by atoms with van der Waals surface area (Å²) in [7, 11) is -2.28. The van der Waals surface area contributed by atoms with Crippen LogP contribution in [0.15, 0.2) is 24.3 Å². The molecule has 0 saturated heterocycles. The Morgan fingerprint density at radius 1 is 1.42 bits per heavy atom. The van der Waals surface area contributed by atoms with Gasteiger partial charge in [0.05, 0.1) is 10.2 Å². The quantitative estimate of drug-likeness (QED) is 0.709. The lowest BCUT2D eigenvalue weighted by Crippen LogP contribution is -1.90.